The number of para-hydroxylation sites is 1. The van der Waals surface area contributed by atoms with Gasteiger partial charge in [-0.1, -0.05) is 18.2 Å². The summed E-state index contributed by atoms with van der Waals surface area (Å²) in [7, 11) is 1.67. The number of pyridine rings is 1. The Morgan fingerprint density at radius 2 is 2.12 bits per heavy atom. The molecule has 17 heavy (non-hydrogen) atoms. The predicted octanol–water partition coefficient (Wildman–Crippen LogP) is 2.28. The molecule has 0 aliphatic heterocycles. The smallest absolute Gasteiger partial charge is 0.123 e. The van der Waals surface area contributed by atoms with Crippen molar-refractivity contribution in [3.63, 3.8) is 0 Å². The highest BCUT2D eigenvalue weighted by Crippen LogP contribution is 2.21. The normalized spacial score (nSPS) is 9.94. The maximum Gasteiger partial charge on any atom is 0.123 e. The van der Waals surface area contributed by atoms with Gasteiger partial charge in [-0.2, -0.15) is 0 Å². The summed E-state index contributed by atoms with van der Waals surface area (Å²) >= 11 is 0. The minimum absolute atomic E-state index is 0.641. The van der Waals surface area contributed by atoms with Gasteiger partial charge >= 0.3 is 0 Å². The van der Waals surface area contributed by atoms with E-state index in [1.807, 2.05) is 30.3 Å². The number of rotatable bonds is 4. The lowest BCUT2D eigenvalue weighted by Gasteiger charge is -2.11. The second-order valence-electron chi connectivity index (χ2n) is 3.63. The van der Waals surface area contributed by atoms with Gasteiger partial charge in [0.1, 0.15) is 5.75 Å². The molecule has 2 aromatic rings. The number of nitrogens with two attached hydrogens (primary N) is 1. The van der Waals surface area contributed by atoms with Crippen molar-refractivity contribution in [3.05, 3.63) is 48.3 Å². The van der Waals surface area contributed by atoms with Gasteiger partial charge in [-0.15, -0.1) is 0 Å². The van der Waals surface area contributed by atoms with E-state index in [1.54, 1.807) is 19.5 Å². The Balaban J connectivity index is 2.10. The Kier molecular flexibility index (Phi) is 3.45. The van der Waals surface area contributed by atoms with Crippen LogP contribution in [-0.4, -0.2) is 12.1 Å². The van der Waals surface area contributed by atoms with E-state index < -0.39 is 0 Å². The number of aromatic nitrogens is 1. The summed E-state index contributed by atoms with van der Waals surface area (Å²) in [6.07, 6.45) is 3.34. The van der Waals surface area contributed by atoms with Crippen molar-refractivity contribution in [1.82, 2.24) is 4.98 Å². The Morgan fingerprint density at radius 3 is 2.88 bits per heavy atom. The molecule has 0 atom stereocenters. The largest absolute Gasteiger partial charge is 0.496 e. The summed E-state index contributed by atoms with van der Waals surface area (Å²) < 4.78 is 5.28. The number of nitrogens with one attached hydrogen (secondary N) is 1. The number of methoxy groups -OCH3 is 1. The zero-order valence-corrected chi connectivity index (χ0v) is 9.68. The fourth-order valence-electron chi connectivity index (χ4n) is 1.61. The number of nitrogen functional groups attached to an aromatic ring is 1. The van der Waals surface area contributed by atoms with Crippen molar-refractivity contribution in [2.45, 2.75) is 6.54 Å². The van der Waals surface area contributed by atoms with Gasteiger partial charge in [-0.3, -0.25) is 4.98 Å². The molecule has 0 fully saturated rings. The molecule has 4 nitrogen and oxygen atoms in total. The van der Waals surface area contributed by atoms with Crippen molar-refractivity contribution in [3.8, 4) is 5.75 Å². The summed E-state index contributed by atoms with van der Waals surface area (Å²) in [5.41, 5.74) is 8.41. The monoisotopic (exact) mass is 229 g/mol. The molecule has 0 spiro atoms. The quantitative estimate of drug-likeness (QED) is 0.844. The molecular weight excluding hydrogens is 214 g/mol. The molecule has 0 radical (unpaired) electrons. The van der Waals surface area contributed by atoms with E-state index in [0.717, 1.165) is 17.0 Å². The van der Waals surface area contributed by atoms with Crippen LogP contribution >= 0.6 is 0 Å². The molecule has 1 aromatic carbocycles. The zero-order chi connectivity index (χ0) is 12.1. The average molecular weight is 229 g/mol. The maximum atomic E-state index is 5.80. The van der Waals surface area contributed by atoms with Gasteiger partial charge < -0.3 is 15.8 Å². The lowest BCUT2D eigenvalue weighted by Crippen LogP contribution is -2.04. The van der Waals surface area contributed by atoms with Crippen molar-refractivity contribution in [2.24, 2.45) is 0 Å². The van der Waals surface area contributed by atoms with Crippen molar-refractivity contribution >= 4 is 11.4 Å². The first-order valence-electron chi connectivity index (χ1n) is 5.36. The molecule has 3 N–H and O–H groups in total. The molecule has 1 aromatic heterocycles. The van der Waals surface area contributed by atoms with Crippen LogP contribution in [0.3, 0.4) is 0 Å². The summed E-state index contributed by atoms with van der Waals surface area (Å²) in [5, 5.41) is 3.26. The number of anilines is 2. The van der Waals surface area contributed by atoms with E-state index in [2.05, 4.69) is 10.3 Å². The summed E-state index contributed by atoms with van der Waals surface area (Å²) in [5.74, 6) is 0.868. The van der Waals surface area contributed by atoms with Gasteiger partial charge in [0.05, 0.1) is 24.7 Å². The minimum atomic E-state index is 0.641. The van der Waals surface area contributed by atoms with Crippen molar-refractivity contribution in [1.29, 1.82) is 0 Å². The van der Waals surface area contributed by atoms with Crippen LogP contribution < -0.4 is 15.8 Å². The number of hydrogen-bond donors (Lipinski definition) is 2. The average Bonchev–Trinajstić information content (AvgIpc) is 2.38. The molecule has 0 aliphatic carbocycles. The maximum absolute atomic E-state index is 5.80. The fourth-order valence-corrected chi connectivity index (χ4v) is 1.61. The third kappa shape index (κ3) is 2.66. The molecular formula is C13H15N3O. The molecule has 0 bridgehead atoms. The summed E-state index contributed by atoms with van der Waals surface area (Å²) in [4.78, 5) is 3.94. The molecule has 4 heteroatoms. The standard InChI is InChI=1S/C13H15N3O/c1-17-13-5-3-2-4-10(13)8-16-12-6-7-15-9-11(12)14/h2-7,9H,8,14H2,1H3,(H,15,16). The van der Waals surface area contributed by atoms with E-state index in [1.165, 1.54) is 0 Å². The van der Waals surface area contributed by atoms with E-state index in [0.29, 0.717) is 12.2 Å². The Hall–Kier alpha value is -2.23. The molecule has 88 valence electrons. The van der Waals surface area contributed by atoms with Gasteiger partial charge in [0, 0.05) is 18.3 Å². The Labute approximate surface area is 100 Å². The fraction of sp³-hybridized carbons (Fsp3) is 0.154. The molecule has 0 unspecified atom stereocenters. The van der Waals surface area contributed by atoms with Gasteiger partial charge in [0.25, 0.3) is 0 Å². The highest BCUT2D eigenvalue weighted by atomic mass is 16.5. The highest BCUT2D eigenvalue weighted by molar-refractivity contribution is 5.64. The van der Waals surface area contributed by atoms with Crippen LogP contribution in [0.4, 0.5) is 11.4 Å². The third-order valence-corrected chi connectivity index (χ3v) is 2.51. The van der Waals surface area contributed by atoms with Gasteiger partial charge in [0.2, 0.25) is 0 Å². The van der Waals surface area contributed by atoms with E-state index >= 15 is 0 Å². The second kappa shape index (κ2) is 5.21. The first-order chi connectivity index (χ1) is 8.31. The topological polar surface area (TPSA) is 60.2 Å². The zero-order valence-electron chi connectivity index (χ0n) is 9.68. The van der Waals surface area contributed by atoms with Crippen LogP contribution in [0.2, 0.25) is 0 Å². The second-order valence-corrected chi connectivity index (χ2v) is 3.63. The predicted molar refractivity (Wildman–Crippen MR) is 69.0 cm³/mol. The minimum Gasteiger partial charge on any atom is -0.496 e. The van der Waals surface area contributed by atoms with E-state index in [-0.39, 0.29) is 0 Å². The molecule has 2 rings (SSSR count). The van der Waals surface area contributed by atoms with Crippen LogP contribution in [0.1, 0.15) is 5.56 Å². The third-order valence-electron chi connectivity index (χ3n) is 2.51. The van der Waals surface area contributed by atoms with Crippen molar-refractivity contribution in [2.75, 3.05) is 18.2 Å². The van der Waals surface area contributed by atoms with Crippen LogP contribution in [0.25, 0.3) is 0 Å². The number of nitrogens with zero attached hydrogens (tertiary/aromatic N) is 1. The molecule has 1 heterocycles. The Bertz CT molecular complexity index is 500. The van der Waals surface area contributed by atoms with Gasteiger partial charge in [-0.25, -0.2) is 0 Å². The van der Waals surface area contributed by atoms with Gasteiger partial charge in [-0.05, 0) is 12.1 Å². The lowest BCUT2D eigenvalue weighted by molar-refractivity contribution is 0.410. The van der Waals surface area contributed by atoms with Gasteiger partial charge in [0.15, 0.2) is 0 Å². The molecule has 0 saturated heterocycles. The van der Waals surface area contributed by atoms with E-state index in [4.69, 9.17) is 10.5 Å². The summed E-state index contributed by atoms with van der Waals surface area (Å²) in [6, 6.07) is 9.74. The SMILES string of the molecule is COc1ccccc1CNc1ccncc1N. The first-order valence-corrected chi connectivity index (χ1v) is 5.36. The summed E-state index contributed by atoms with van der Waals surface area (Å²) in [6.45, 7) is 0.665. The number of ether oxygens (including phenoxy) is 1. The van der Waals surface area contributed by atoms with Crippen LogP contribution in [0.5, 0.6) is 5.75 Å². The lowest BCUT2D eigenvalue weighted by atomic mass is 10.2. The highest BCUT2D eigenvalue weighted by Gasteiger charge is 2.02. The van der Waals surface area contributed by atoms with Crippen LogP contribution in [-0.2, 0) is 6.54 Å². The number of benzene rings is 1. The van der Waals surface area contributed by atoms with E-state index in [9.17, 15) is 0 Å². The molecule has 0 saturated carbocycles. The number of hydrogen-bond acceptors (Lipinski definition) is 4. The van der Waals surface area contributed by atoms with Crippen LogP contribution in [0.15, 0.2) is 42.7 Å². The van der Waals surface area contributed by atoms with Crippen molar-refractivity contribution < 1.29 is 4.74 Å². The molecule has 0 aliphatic rings. The molecule has 0 amide bonds. The van der Waals surface area contributed by atoms with Crippen LogP contribution in [0, 0.1) is 0 Å². The first kappa shape index (κ1) is 11.3. The Morgan fingerprint density at radius 1 is 1.29 bits per heavy atom.